The van der Waals surface area contributed by atoms with E-state index in [0.29, 0.717) is 11.3 Å². The maximum Gasteiger partial charge on any atom is 0.277 e. The maximum atomic E-state index is 12.7. The molecule has 1 fully saturated rings. The summed E-state index contributed by atoms with van der Waals surface area (Å²) in [7, 11) is 0. The molecule has 2 amide bonds. The highest BCUT2D eigenvalue weighted by molar-refractivity contribution is 6.03. The van der Waals surface area contributed by atoms with Crippen molar-refractivity contribution in [2.75, 3.05) is 11.9 Å². The van der Waals surface area contributed by atoms with E-state index in [1.165, 1.54) is 6.42 Å². The largest absolute Gasteiger partial charge is 0.336 e. The van der Waals surface area contributed by atoms with Crippen LogP contribution in [0.4, 0.5) is 5.69 Å². The second kappa shape index (κ2) is 7.50. The van der Waals surface area contributed by atoms with Crippen LogP contribution in [0.15, 0.2) is 30.5 Å². The van der Waals surface area contributed by atoms with Crippen molar-refractivity contribution in [3.8, 4) is 0 Å². The summed E-state index contributed by atoms with van der Waals surface area (Å²) in [6.07, 6.45) is 4.91. The molecule has 0 radical (unpaired) electrons. The Hall–Kier alpha value is -2.70. The fraction of sp³-hybridized carbons (Fsp3) is 0.500. The third-order valence-electron chi connectivity index (χ3n) is 4.87. The van der Waals surface area contributed by atoms with E-state index in [4.69, 9.17) is 0 Å². The number of amides is 2. The fourth-order valence-electron chi connectivity index (χ4n) is 3.15. The monoisotopic (exact) mass is 369 g/mol. The number of likely N-dealkylation sites (tertiary alicyclic amines) is 1. The molecule has 0 saturated carbocycles. The first-order chi connectivity index (χ1) is 12.8. The number of piperidine rings is 1. The normalized spacial score (nSPS) is 17.6. The van der Waals surface area contributed by atoms with E-state index in [1.54, 1.807) is 35.1 Å². The fourth-order valence-corrected chi connectivity index (χ4v) is 3.15. The average Bonchev–Trinajstić information content (AvgIpc) is 3.13. The lowest BCUT2D eigenvalue weighted by molar-refractivity contribution is 0.0635. The number of carbonyl (C=O) groups excluding carboxylic acids is 2. The Labute approximate surface area is 159 Å². The Morgan fingerprint density at radius 1 is 1.15 bits per heavy atom. The van der Waals surface area contributed by atoms with Gasteiger partial charge >= 0.3 is 0 Å². The van der Waals surface area contributed by atoms with Gasteiger partial charge in [-0.25, -0.2) is 4.68 Å². The molecule has 2 heterocycles. The Kier molecular flexibility index (Phi) is 5.30. The summed E-state index contributed by atoms with van der Waals surface area (Å²) in [5.74, 6) is -0.276. The molecule has 1 N–H and O–H groups in total. The van der Waals surface area contributed by atoms with E-state index in [2.05, 4.69) is 22.6 Å². The molecule has 0 aliphatic carbocycles. The zero-order valence-corrected chi connectivity index (χ0v) is 16.4. The van der Waals surface area contributed by atoms with Crippen LogP contribution in [0.3, 0.4) is 0 Å². The minimum atomic E-state index is -0.325. The lowest BCUT2D eigenvalue weighted by Gasteiger charge is -2.33. The molecule has 144 valence electrons. The average molecular weight is 369 g/mol. The van der Waals surface area contributed by atoms with E-state index in [9.17, 15) is 9.59 Å². The van der Waals surface area contributed by atoms with E-state index >= 15 is 0 Å². The lowest BCUT2D eigenvalue weighted by Crippen LogP contribution is -2.42. The van der Waals surface area contributed by atoms with Crippen molar-refractivity contribution in [3.05, 3.63) is 41.7 Å². The number of anilines is 1. The Morgan fingerprint density at radius 3 is 2.44 bits per heavy atom. The van der Waals surface area contributed by atoms with Crippen molar-refractivity contribution >= 4 is 17.5 Å². The summed E-state index contributed by atoms with van der Waals surface area (Å²) in [6, 6.07) is 7.27. The van der Waals surface area contributed by atoms with Crippen molar-refractivity contribution in [2.24, 2.45) is 0 Å². The molecule has 7 nitrogen and oxygen atoms in total. The second-order valence-electron chi connectivity index (χ2n) is 8.09. The molecule has 1 atom stereocenters. The van der Waals surface area contributed by atoms with Gasteiger partial charge < -0.3 is 10.2 Å². The molecule has 1 aromatic heterocycles. The van der Waals surface area contributed by atoms with Crippen LogP contribution < -0.4 is 5.32 Å². The van der Waals surface area contributed by atoms with Crippen LogP contribution in [0, 0.1) is 0 Å². The predicted molar refractivity (Wildman–Crippen MR) is 104 cm³/mol. The molecule has 1 aromatic carbocycles. The zero-order chi connectivity index (χ0) is 19.6. The van der Waals surface area contributed by atoms with Gasteiger partial charge in [-0.05, 0) is 71.2 Å². The van der Waals surface area contributed by atoms with Gasteiger partial charge in [-0.15, -0.1) is 5.10 Å². The third-order valence-corrected chi connectivity index (χ3v) is 4.87. The summed E-state index contributed by atoms with van der Waals surface area (Å²) in [5, 5.41) is 10.7. The molecule has 1 saturated heterocycles. The molecule has 0 bridgehead atoms. The minimum absolute atomic E-state index is 0.0493. The Bertz CT molecular complexity index is 820. The van der Waals surface area contributed by atoms with Crippen molar-refractivity contribution < 1.29 is 9.59 Å². The van der Waals surface area contributed by atoms with Gasteiger partial charge in [-0.2, -0.15) is 0 Å². The molecular weight excluding hydrogens is 342 g/mol. The number of benzene rings is 1. The zero-order valence-electron chi connectivity index (χ0n) is 16.4. The summed E-state index contributed by atoms with van der Waals surface area (Å²) in [4.78, 5) is 27.0. The first-order valence-corrected chi connectivity index (χ1v) is 9.41. The van der Waals surface area contributed by atoms with Crippen molar-refractivity contribution in [1.29, 1.82) is 0 Å². The number of rotatable bonds is 3. The van der Waals surface area contributed by atoms with Gasteiger partial charge in [-0.3, -0.25) is 9.59 Å². The van der Waals surface area contributed by atoms with Crippen molar-refractivity contribution in [1.82, 2.24) is 19.9 Å². The van der Waals surface area contributed by atoms with Crippen LogP contribution in [-0.4, -0.2) is 44.3 Å². The molecule has 2 aromatic rings. The molecule has 1 aliphatic rings. The summed E-state index contributed by atoms with van der Waals surface area (Å²) in [5.41, 5.74) is 1.28. The van der Waals surface area contributed by atoms with Gasteiger partial charge in [-0.1, -0.05) is 5.21 Å². The Morgan fingerprint density at radius 2 is 1.85 bits per heavy atom. The van der Waals surface area contributed by atoms with Crippen LogP contribution >= 0.6 is 0 Å². The molecule has 0 spiro atoms. The number of nitrogens with one attached hydrogen (secondary N) is 1. The van der Waals surface area contributed by atoms with Crippen LogP contribution in [0.2, 0.25) is 0 Å². The number of aromatic nitrogens is 3. The van der Waals surface area contributed by atoms with Gasteiger partial charge in [0, 0.05) is 23.8 Å². The van der Waals surface area contributed by atoms with Gasteiger partial charge in [0.1, 0.15) is 0 Å². The number of nitrogens with zero attached hydrogens (tertiary/aromatic N) is 4. The summed E-state index contributed by atoms with van der Waals surface area (Å²) < 4.78 is 1.66. The quantitative estimate of drug-likeness (QED) is 0.900. The van der Waals surface area contributed by atoms with E-state index in [0.717, 1.165) is 19.4 Å². The van der Waals surface area contributed by atoms with Gasteiger partial charge in [0.15, 0.2) is 5.69 Å². The first kappa shape index (κ1) is 19.1. The summed E-state index contributed by atoms with van der Waals surface area (Å²) in [6.45, 7) is 8.87. The van der Waals surface area contributed by atoms with Crippen molar-refractivity contribution in [3.63, 3.8) is 0 Å². The number of hydrogen-bond donors (Lipinski definition) is 1. The van der Waals surface area contributed by atoms with E-state index < -0.39 is 0 Å². The standard InChI is InChI=1S/C20H27N5O2/c1-14-7-5-6-12-24(14)19(27)15-8-10-16(11-9-15)21-18(26)17-13-25(23-22-17)20(2,3)4/h8-11,13-14H,5-7,12H2,1-4H3,(H,21,26). The Balaban J connectivity index is 1.66. The smallest absolute Gasteiger partial charge is 0.277 e. The minimum Gasteiger partial charge on any atom is -0.336 e. The van der Waals surface area contributed by atoms with Crippen LogP contribution in [-0.2, 0) is 5.54 Å². The molecule has 3 rings (SSSR count). The van der Waals surface area contributed by atoms with E-state index in [1.807, 2.05) is 25.7 Å². The molecule has 1 unspecified atom stereocenters. The SMILES string of the molecule is CC1CCCCN1C(=O)c1ccc(NC(=O)c2cn(C(C)(C)C)nn2)cc1. The highest BCUT2D eigenvalue weighted by atomic mass is 16.2. The second-order valence-corrected chi connectivity index (χ2v) is 8.09. The molecular formula is C20H27N5O2. The van der Waals surface area contributed by atoms with Crippen LogP contribution in [0.5, 0.6) is 0 Å². The van der Waals surface area contributed by atoms with Crippen LogP contribution in [0.1, 0.15) is 67.8 Å². The van der Waals surface area contributed by atoms with Crippen LogP contribution in [0.25, 0.3) is 0 Å². The molecule has 1 aliphatic heterocycles. The lowest BCUT2D eigenvalue weighted by atomic mass is 10.0. The highest BCUT2D eigenvalue weighted by Gasteiger charge is 2.24. The molecule has 7 heteroatoms. The predicted octanol–water partition coefficient (Wildman–Crippen LogP) is 3.30. The van der Waals surface area contributed by atoms with Gasteiger partial charge in [0.2, 0.25) is 0 Å². The van der Waals surface area contributed by atoms with E-state index in [-0.39, 0.29) is 29.1 Å². The molecule has 27 heavy (non-hydrogen) atoms. The third kappa shape index (κ3) is 4.35. The highest BCUT2D eigenvalue weighted by Crippen LogP contribution is 2.20. The number of carbonyl (C=O) groups is 2. The maximum absolute atomic E-state index is 12.7. The first-order valence-electron chi connectivity index (χ1n) is 9.41. The van der Waals surface area contributed by atoms with Crippen molar-refractivity contribution in [2.45, 2.75) is 58.5 Å². The topological polar surface area (TPSA) is 80.1 Å². The summed E-state index contributed by atoms with van der Waals surface area (Å²) >= 11 is 0. The number of hydrogen-bond acceptors (Lipinski definition) is 4. The van der Waals surface area contributed by atoms with Gasteiger partial charge in [0.05, 0.1) is 11.7 Å². The van der Waals surface area contributed by atoms with Gasteiger partial charge in [0.25, 0.3) is 11.8 Å².